The van der Waals surface area contributed by atoms with Gasteiger partial charge in [0.15, 0.2) is 5.78 Å². The Balaban J connectivity index is 2.81. The lowest BCUT2D eigenvalue weighted by Crippen LogP contribution is -1.96. The lowest BCUT2D eigenvalue weighted by Gasteiger charge is -1.96. The van der Waals surface area contributed by atoms with Crippen LogP contribution in [0.15, 0.2) is 24.3 Å². The SMILES string of the molecule is N#CCC(=O)c1ccc(C#CCO)cc1. The third-order valence-electron chi connectivity index (χ3n) is 1.76. The second kappa shape index (κ2) is 5.59. The molecule has 0 amide bonds. The zero-order valence-electron chi connectivity index (χ0n) is 8.03. The summed E-state index contributed by atoms with van der Waals surface area (Å²) in [6, 6.07) is 8.43. The molecule has 0 heterocycles. The first-order valence-electron chi connectivity index (χ1n) is 4.38. The van der Waals surface area contributed by atoms with E-state index in [0.717, 1.165) is 5.56 Å². The topological polar surface area (TPSA) is 61.1 Å². The average molecular weight is 199 g/mol. The van der Waals surface area contributed by atoms with Crippen LogP contribution in [-0.4, -0.2) is 17.5 Å². The van der Waals surface area contributed by atoms with E-state index in [1.807, 2.05) is 0 Å². The standard InChI is InChI=1S/C12H9NO2/c13-8-7-12(15)11-5-3-10(4-6-11)2-1-9-14/h3-6,14H,7,9H2. The minimum absolute atomic E-state index is 0.109. The van der Waals surface area contributed by atoms with E-state index in [-0.39, 0.29) is 18.8 Å². The Morgan fingerprint density at radius 1 is 1.33 bits per heavy atom. The summed E-state index contributed by atoms with van der Waals surface area (Å²) < 4.78 is 0. The summed E-state index contributed by atoms with van der Waals surface area (Å²) in [5.74, 6) is 5.03. The van der Waals surface area contributed by atoms with E-state index in [9.17, 15) is 4.79 Å². The van der Waals surface area contributed by atoms with Crippen LogP contribution in [0.1, 0.15) is 22.3 Å². The molecular weight excluding hydrogens is 190 g/mol. The molecule has 1 aromatic carbocycles. The first-order valence-corrected chi connectivity index (χ1v) is 4.38. The predicted molar refractivity (Wildman–Crippen MR) is 55.0 cm³/mol. The number of nitriles is 1. The molecule has 0 radical (unpaired) electrons. The maximum absolute atomic E-state index is 11.3. The summed E-state index contributed by atoms with van der Waals surface area (Å²) in [4.78, 5) is 11.3. The van der Waals surface area contributed by atoms with Gasteiger partial charge in [-0.05, 0) is 12.1 Å². The van der Waals surface area contributed by atoms with Crippen LogP contribution in [0.4, 0.5) is 0 Å². The fourth-order valence-corrected chi connectivity index (χ4v) is 1.05. The third-order valence-corrected chi connectivity index (χ3v) is 1.76. The van der Waals surface area contributed by atoms with Crippen molar-refractivity contribution in [2.24, 2.45) is 0 Å². The summed E-state index contributed by atoms with van der Waals surface area (Å²) in [6.45, 7) is -0.185. The smallest absolute Gasteiger partial charge is 0.176 e. The Hall–Kier alpha value is -2.10. The van der Waals surface area contributed by atoms with E-state index in [1.54, 1.807) is 30.3 Å². The number of hydrogen-bond acceptors (Lipinski definition) is 3. The van der Waals surface area contributed by atoms with Gasteiger partial charge in [0.2, 0.25) is 0 Å². The van der Waals surface area contributed by atoms with Gasteiger partial charge in [0.05, 0.1) is 12.5 Å². The van der Waals surface area contributed by atoms with Crippen molar-refractivity contribution < 1.29 is 9.90 Å². The Kier molecular flexibility index (Phi) is 4.09. The summed E-state index contributed by atoms with van der Waals surface area (Å²) >= 11 is 0. The van der Waals surface area contributed by atoms with Crippen LogP contribution in [0, 0.1) is 23.2 Å². The predicted octanol–water partition coefficient (Wildman–Crippen LogP) is 1.13. The zero-order valence-corrected chi connectivity index (χ0v) is 8.03. The van der Waals surface area contributed by atoms with Crippen LogP contribution in [0.2, 0.25) is 0 Å². The number of ketones is 1. The van der Waals surface area contributed by atoms with Crippen LogP contribution in [-0.2, 0) is 0 Å². The molecule has 0 atom stereocenters. The van der Waals surface area contributed by atoms with E-state index in [4.69, 9.17) is 10.4 Å². The highest BCUT2D eigenvalue weighted by Crippen LogP contribution is 2.05. The van der Waals surface area contributed by atoms with Gasteiger partial charge in [-0.3, -0.25) is 4.79 Å². The van der Waals surface area contributed by atoms with Gasteiger partial charge >= 0.3 is 0 Å². The lowest BCUT2D eigenvalue weighted by atomic mass is 10.1. The fraction of sp³-hybridized carbons (Fsp3) is 0.167. The monoisotopic (exact) mass is 199 g/mol. The number of nitrogens with zero attached hydrogens (tertiary/aromatic N) is 1. The number of aliphatic hydroxyl groups excluding tert-OH is 1. The van der Waals surface area contributed by atoms with Gasteiger partial charge in [-0.1, -0.05) is 24.0 Å². The number of Topliss-reactive ketones (excluding diaryl/α,β-unsaturated/α-hetero) is 1. The van der Waals surface area contributed by atoms with Gasteiger partial charge < -0.3 is 5.11 Å². The van der Waals surface area contributed by atoms with Gasteiger partial charge in [-0.2, -0.15) is 5.26 Å². The van der Waals surface area contributed by atoms with E-state index < -0.39 is 0 Å². The van der Waals surface area contributed by atoms with Crippen LogP contribution in [0.25, 0.3) is 0 Å². The van der Waals surface area contributed by atoms with Crippen molar-refractivity contribution in [3.05, 3.63) is 35.4 Å². The number of aliphatic hydroxyl groups is 1. The van der Waals surface area contributed by atoms with Gasteiger partial charge in [-0.15, -0.1) is 0 Å². The summed E-state index contributed by atoms with van der Waals surface area (Å²) in [6.07, 6.45) is -0.109. The van der Waals surface area contributed by atoms with Gasteiger partial charge in [0, 0.05) is 11.1 Å². The maximum atomic E-state index is 11.3. The van der Waals surface area contributed by atoms with Gasteiger partial charge in [-0.25, -0.2) is 0 Å². The van der Waals surface area contributed by atoms with Crippen molar-refractivity contribution >= 4 is 5.78 Å². The Labute approximate surface area is 88.0 Å². The number of rotatable bonds is 2. The van der Waals surface area contributed by atoms with Crippen LogP contribution < -0.4 is 0 Å². The van der Waals surface area contributed by atoms with Crippen LogP contribution in [0.3, 0.4) is 0 Å². The highest BCUT2D eigenvalue weighted by molar-refractivity contribution is 5.97. The quantitative estimate of drug-likeness (QED) is 0.573. The average Bonchev–Trinajstić information content (AvgIpc) is 2.27. The number of hydrogen-bond donors (Lipinski definition) is 1. The molecule has 0 saturated carbocycles. The van der Waals surface area contributed by atoms with Crippen molar-refractivity contribution in [3.8, 4) is 17.9 Å². The van der Waals surface area contributed by atoms with Crippen molar-refractivity contribution in [1.29, 1.82) is 5.26 Å². The van der Waals surface area contributed by atoms with E-state index in [0.29, 0.717) is 5.56 Å². The summed E-state index contributed by atoms with van der Waals surface area (Å²) in [5, 5.41) is 16.8. The normalized spacial score (nSPS) is 8.53. The van der Waals surface area contributed by atoms with Gasteiger partial charge in [0.1, 0.15) is 6.61 Å². The van der Waals surface area contributed by atoms with E-state index >= 15 is 0 Å². The van der Waals surface area contributed by atoms with E-state index in [1.165, 1.54) is 0 Å². The molecule has 0 aliphatic carbocycles. The molecule has 0 unspecified atom stereocenters. The highest BCUT2D eigenvalue weighted by Gasteiger charge is 2.03. The van der Waals surface area contributed by atoms with Crippen LogP contribution >= 0.6 is 0 Å². The van der Waals surface area contributed by atoms with Crippen molar-refractivity contribution in [2.75, 3.05) is 6.61 Å². The highest BCUT2D eigenvalue weighted by atomic mass is 16.2. The molecule has 0 aliphatic heterocycles. The molecule has 1 aromatic rings. The molecule has 0 bridgehead atoms. The molecule has 1 rings (SSSR count). The molecule has 3 nitrogen and oxygen atoms in total. The molecule has 1 N–H and O–H groups in total. The van der Waals surface area contributed by atoms with E-state index in [2.05, 4.69) is 11.8 Å². The summed E-state index contributed by atoms with van der Waals surface area (Å²) in [5.41, 5.74) is 1.24. The number of carbonyl (C=O) groups is 1. The molecule has 0 fully saturated rings. The molecule has 0 aliphatic rings. The third kappa shape index (κ3) is 3.27. The maximum Gasteiger partial charge on any atom is 0.176 e. The van der Waals surface area contributed by atoms with Crippen LogP contribution in [0.5, 0.6) is 0 Å². The van der Waals surface area contributed by atoms with Crippen molar-refractivity contribution in [1.82, 2.24) is 0 Å². The minimum Gasteiger partial charge on any atom is -0.384 e. The molecule has 0 spiro atoms. The molecule has 0 aromatic heterocycles. The van der Waals surface area contributed by atoms with Gasteiger partial charge in [0.25, 0.3) is 0 Å². The fourth-order valence-electron chi connectivity index (χ4n) is 1.05. The largest absolute Gasteiger partial charge is 0.384 e. The summed E-state index contributed by atoms with van der Waals surface area (Å²) in [7, 11) is 0. The zero-order chi connectivity index (χ0) is 11.1. The molecular formula is C12H9NO2. The first-order chi connectivity index (χ1) is 7.27. The minimum atomic E-state index is -0.195. The number of benzene rings is 1. The Morgan fingerprint density at radius 3 is 2.53 bits per heavy atom. The first kappa shape index (κ1) is 11.0. The molecule has 74 valence electrons. The molecule has 3 heteroatoms. The molecule has 0 saturated heterocycles. The second-order valence-corrected chi connectivity index (χ2v) is 2.80. The second-order valence-electron chi connectivity index (χ2n) is 2.80. The Morgan fingerprint density at radius 2 is 2.00 bits per heavy atom. The lowest BCUT2D eigenvalue weighted by molar-refractivity contribution is 0.0997. The molecule has 15 heavy (non-hydrogen) atoms. The van der Waals surface area contributed by atoms with Crippen molar-refractivity contribution in [2.45, 2.75) is 6.42 Å². The van der Waals surface area contributed by atoms with Crippen molar-refractivity contribution in [3.63, 3.8) is 0 Å². The number of carbonyl (C=O) groups excluding carboxylic acids is 1. The Bertz CT molecular complexity index is 443.